The Balaban J connectivity index is 3.08. The highest BCUT2D eigenvalue weighted by Gasteiger charge is 2.12. The number of ether oxygens (including phenoxy) is 2. The largest absolute Gasteiger partial charge is 0.508 e. The molecule has 3 heteroatoms. The summed E-state index contributed by atoms with van der Waals surface area (Å²) in [5.74, 6) is 1.54. The van der Waals surface area contributed by atoms with E-state index in [9.17, 15) is 5.11 Å². The van der Waals surface area contributed by atoms with Crippen molar-refractivity contribution in [2.75, 3.05) is 6.61 Å². The molecule has 0 amide bonds. The van der Waals surface area contributed by atoms with Crippen LogP contribution in [-0.4, -0.2) is 17.8 Å². The fraction of sp³-hybridized carbons (Fsp3) is 0.500. The molecule has 1 aromatic rings. The highest BCUT2D eigenvalue weighted by molar-refractivity contribution is 5.52. The Labute approximate surface area is 90.6 Å². The van der Waals surface area contributed by atoms with Gasteiger partial charge in [0.2, 0.25) is 0 Å². The van der Waals surface area contributed by atoms with Crippen LogP contribution in [0.3, 0.4) is 0 Å². The molecule has 0 atom stereocenters. The molecule has 1 rings (SSSR count). The van der Waals surface area contributed by atoms with E-state index < -0.39 is 0 Å². The van der Waals surface area contributed by atoms with Crippen LogP contribution in [0, 0.1) is 6.92 Å². The summed E-state index contributed by atoms with van der Waals surface area (Å²) < 4.78 is 11.1. The number of hydrogen-bond donors (Lipinski definition) is 1. The Bertz CT molecular complexity index is 332. The third-order valence-corrected chi connectivity index (χ3v) is 1.99. The summed E-state index contributed by atoms with van der Waals surface area (Å²) in [6, 6.07) is 3.35. The SMILES string of the molecule is CCOc1c(OC(C)C)ccc(O)c1C. The van der Waals surface area contributed by atoms with Crippen molar-refractivity contribution in [3.8, 4) is 17.2 Å². The van der Waals surface area contributed by atoms with Gasteiger partial charge in [-0.1, -0.05) is 0 Å². The van der Waals surface area contributed by atoms with Crippen molar-refractivity contribution in [2.24, 2.45) is 0 Å². The van der Waals surface area contributed by atoms with E-state index in [-0.39, 0.29) is 11.9 Å². The summed E-state index contributed by atoms with van der Waals surface area (Å²) >= 11 is 0. The van der Waals surface area contributed by atoms with Gasteiger partial charge in [0.1, 0.15) is 5.75 Å². The Morgan fingerprint density at radius 2 is 2.00 bits per heavy atom. The summed E-state index contributed by atoms with van der Waals surface area (Å²) in [6.45, 7) is 8.19. The molecule has 0 aromatic heterocycles. The molecule has 0 saturated heterocycles. The van der Waals surface area contributed by atoms with Crippen LogP contribution in [0.25, 0.3) is 0 Å². The van der Waals surface area contributed by atoms with Crippen molar-refractivity contribution in [3.63, 3.8) is 0 Å². The Kier molecular flexibility index (Phi) is 3.83. The molecule has 3 nitrogen and oxygen atoms in total. The molecule has 15 heavy (non-hydrogen) atoms. The lowest BCUT2D eigenvalue weighted by Gasteiger charge is -2.16. The fourth-order valence-corrected chi connectivity index (χ4v) is 1.33. The lowest BCUT2D eigenvalue weighted by Crippen LogP contribution is -2.08. The molecule has 0 aliphatic carbocycles. The second-order valence-corrected chi connectivity index (χ2v) is 3.64. The van der Waals surface area contributed by atoms with Crippen molar-refractivity contribution >= 4 is 0 Å². The number of benzene rings is 1. The first-order valence-electron chi connectivity index (χ1n) is 5.18. The number of rotatable bonds is 4. The molecule has 0 saturated carbocycles. The molecular formula is C12H18O3. The van der Waals surface area contributed by atoms with E-state index in [1.54, 1.807) is 12.1 Å². The summed E-state index contributed by atoms with van der Waals surface area (Å²) in [4.78, 5) is 0. The van der Waals surface area contributed by atoms with Gasteiger partial charge in [-0.15, -0.1) is 0 Å². The van der Waals surface area contributed by atoms with Crippen LogP contribution in [-0.2, 0) is 0 Å². The van der Waals surface area contributed by atoms with Gasteiger partial charge in [0.15, 0.2) is 11.5 Å². The van der Waals surface area contributed by atoms with Gasteiger partial charge < -0.3 is 14.6 Å². The van der Waals surface area contributed by atoms with E-state index in [1.807, 2.05) is 27.7 Å². The van der Waals surface area contributed by atoms with Gasteiger partial charge in [-0.3, -0.25) is 0 Å². The number of hydrogen-bond acceptors (Lipinski definition) is 3. The van der Waals surface area contributed by atoms with Crippen LogP contribution in [0.15, 0.2) is 12.1 Å². The first-order valence-corrected chi connectivity index (χ1v) is 5.18. The van der Waals surface area contributed by atoms with Gasteiger partial charge in [-0.25, -0.2) is 0 Å². The molecule has 0 aliphatic heterocycles. The van der Waals surface area contributed by atoms with Crippen LogP contribution in [0.1, 0.15) is 26.3 Å². The minimum Gasteiger partial charge on any atom is -0.508 e. The maximum Gasteiger partial charge on any atom is 0.167 e. The number of phenolic OH excluding ortho intramolecular Hbond substituents is 1. The van der Waals surface area contributed by atoms with Crippen LogP contribution >= 0.6 is 0 Å². The average molecular weight is 210 g/mol. The summed E-state index contributed by atoms with van der Waals surface area (Å²) in [5.41, 5.74) is 0.718. The van der Waals surface area contributed by atoms with Crippen molar-refractivity contribution in [1.29, 1.82) is 0 Å². The second kappa shape index (κ2) is 4.91. The van der Waals surface area contributed by atoms with Gasteiger partial charge in [-0.2, -0.15) is 0 Å². The molecule has 0 heterocycles. The smallest absolute Gasteiger partial charge is 0.167 e. The zero-order chi connectivity index (χ0) is 11.4. The fourth-order valence-electron chi connectivity index (χ4n) is 1.33. The molecule has 1 N–H and O–H groups in total. The van der Waals surface area contributed by atoms with Crippen LogP contribution in [0.4, 0.5) is 0 Å². The first kappa shape index (κ1) is 11.7. The molecule has 0 unspecified atom stereocenters. The molecule has 84 valence electrons. The van der Waals surface area contributed by atoms with E-state index in [1.165, 1.54) is 0 Å². The van der Waals surface area contributed by atoms with Crippen molar-refractivity contribution in [3.05, 3.63) is 17.7 Å². The highest BCUT2D eigenvalue weighted by atomic mass is 16.5. The maximum absolute atomic E-state index is 9.55. The van der Waals surface area contributed by atoms with Gasteiger partial charge in [0, 0.05) is 5.56 Å². The lowest BCUT2D eigenvalue weighted by atomic mass is 10.2. The Hall–Kier alpha value is -1.38. The van der Waals surface area contributed by atoms with Crippen LogP contribution in [0.2, 0.25) is 0 Å². The van der Waals surface area contributed by atoms with Crippen LogP contribution < -0.4 is 9.47 Å². The van der Waals surface area contributed by atoms with Crippen LogP contribution in [0.5, 0.6) is 17.2 Å². The third-order valence-electron chi connectivity index (χ3n) is 1.99. The lowest BCUT2D eigenvalue weighted by molar-refractivity contribution is 0.222. The second-order valence-electron chi connectivity index (χ2n) is 3.64. The predicted octanol–water partition coefficient (Wildman–Crippen LogP) is 2.89. The van der Waals surface area contributed by atoms with Gasteiger partial charge >= 0.3 is 0 Å². The van der Waals surface area contributed by atoms with E-state index in [4.69, 9.17) is 9.47 Å². The van der Waals surface area contributed by atoms with Gasteiger partial charge in [0.05, 0.1) is 12.7 Å². The van der Waals surface area contributed by atoms with Gasteiger partial charge in [-0.05, 0) is 39.8 Å². The summed E-state index contributed by atoms with van der Waals surface area (Å²) in [6.07, 6.45) is 0.0909. The average Bonchev–Trinajstić information content (AvgIpc) is 2.17. The zero-order valence-corrected chi connectivity index (χ0v) is 9.70. The molecule has 0 bridgehead atoms. The van der Waals surface area contributed by atoms with Gasteiger partial charge in [0.25, 0.3) is 0 Å². The van der Waals surface area contributed by atoms with Crippen molar-refractivity contribution < 1.29 is 14.6 Å². The van der Waals surface area contributed by atoms with E-state index in [0.717, 1.165) is 5.56 Å². The molecule has 0 aliphatic rings. The monoisotopic (exact) mass is 210 g/mol. The molecule has 0 spiro atoms. The van der Waals surface area contributed by atoms with E-state index in [2.05, 4.69) is 0 Å². The maximum atomic E-state index is 9.55. The third kappa shape index (κ3) is 2.78. The zero-order valence-electron chi connectivity index (χ0n) is 9.70. The van der Waals surface area contributed by atoms with Crippen molar-refractivity contribution in [1.82, 2.24) is 0 Å². The Morgan fingerprint density at radius 1 is 1.33 bits per heavy atom. The standard InChI is InChI=1S/C12H18O3/c1-5-14-12-9(4)10(13)6-7-11(12)15-8(2)3/h6-8,13H,5H2,1-4H3. The molecule has 0 fully saturated rings. The van der Waals surface area contributed by atoms with Crippen molar-refractivity contribution in [2.45, 2.75) is 33.8 Å². The predicted molar refractivity (Wildman–Crippen MR) is 59.8 cm³/mol. The topological polar surface area (TPSA) is 38.7 Å². The van der Waals surface area contributed by atoms with E-state index >= 15 is 0 Å². The minimum absolute atomic E-state index is 0.0909. The van der Waals surface area contributed by atoms with E-state index in [0.29, 0.717) is 18.1 Å². The molecular weight excluding hydrogens is 192 g/mol. The summed E-state index contributed by atoms with van der Waals surface area (Å²) in [7, 11) is 0. The normalized spacial score (nSPS) is 10.5. The summed E-state index contributed by atoms with van der Waals surface area (Å²) in [5, 5.41) is 9.55. The first-order chi connectivity index (χ1) is 7.06. The molecule has 1 aromatic carbocycles. The Morgan fingerprint density at radius 3 is 2.53 bits per heavy atom. The number of aromatic hydroxyl groups is 1. The quantitative estimate of drug-likeness (QED) is 0.830. The minimum atomic E-state index is 0.0909. The highest BCUT2D eigenvalue weighted by Crippen LogP contribution is 2.36. The number of phenols is 1. The molecule has 0 radical (unpaired) electrons.